The quantitative estimate of drug-likeness (QED) is 0.875. The molecule has 1 atom stereocenters. The summed E-state index contributed by atoms with van der Waals surface area (Å²) in [6.07, 6.45) is 4.50. The molecule has 1 saturated heterocycles. The number of carbonyl (C=O) groups excluding carboxylic acids is 1. The standard InChI is InChI=1S/C16H19N3OS/c1-12-5-4-8-19(10-12)15(20)9-13-11-21-16(18-13)14-6-2-3-7-17-14/h2-3,6-7,11-12H,4-5,8-10H2,1H3. The van der Waals surface area contributed by atoms with Crippen molar-refractivity contribution in [2.75, 3.05) is 13.1 Å². The second-order valence-corrected chi connectivity index (χ2v) is 6.48. The van der Waals surface area contributed by atoms with Gasteiger partial charge in [0.1, 0.15) is 5.01 Å². The minimum Gasteiger partial charge on any atom is -0.342 e. The van der Waals surface area contributed by atoms with Gasteiger partial charge in [-0.05, 0) is 30.9 Å². The van der Waals surface area contributed by atoms with Crippen molar-refractivity contribution in [2.24, 2.45) is 5.92 Å². The summed E-state index contributed by atoms with van der Waals surface area (Å²) in [6, 6.07) is 5.78. The molecule has 0 spiro atoms. The predicted molar refractivity (Wildman–Crippen MR) is 84.0 cm³/mol. The van der Waals surface area contributed by atoms with Crippen LogP contribution in [0.4, 0.5) is 0 Å². The van der Waals surface area contributed by atoms with E-state index in [0.29, 0.717) is 12.3 Å². The Labute approximate surface area is 128 Å². The van der Waals surface area contributed by atoms with Crippen molar-refractivity contribution in [1.82, 2.24) is 14.9 Å². The summed E-state index contributed by atoms with van der Waals surface area (Å²) in [5, 5.41) is 2.85. The maximum absolute atomic E-state index is 12.3. The topological polar surface area (TPSA) is 46.1 Å². The molecule has 0 aromatic carbocycles. The van der Waals surface area contributed by atoms with Crippen molar-refractivity contribution in [2.45, 2.75) is 26.2 Å². The number of pyridine rings is 1. The van der Waals surface area contributed by atoms with E-state index < -0.39 is 0 Å². The lowest BCUT2D eigenvalue weighted by Gasteiger charge is -2.30. The minimum absolute atomic E-state index is 0.194. The smallest absolute Gasteiger partial charge is 0.228 e. The van der Waals surface area contributed by atoms with Gasteiger partial charge in [0.2, 0.25) is 5.91 Å². The Morgan fingerprint density at radius 1 is 1.48 bits per heavy atom. The number of likely N-dealkylation sites (tertiary alicyclic amines) is 1. The van der Waals surface area contributed by atoms with Gasteiger partial charge in [-0.15, -0.1) is 11.3 Å². The third-order valence-electron chi connectivity index (χ3n) is 3.78. The molecule has 1 fully saturated rings. The monoisotopic (exact) mass is 301 g/mol. The highest BCUT2D eigenvalue weighted by molar-refractivity contribution is 7.13. The number of nitrogens with zero attached hydrogens (tertiary/aromatic N) is 3. The summed E-state index contributed by atoms with van der Waals surface area (Å²) in [7, 11) is 0. The minimum atomic E-state index is 0.194. The predicted octanol–water partition coefficient (Wildman–Crippen LogP) is 3.01. The van der Waals surface area contributed by atoms with Crippen molar-refractivity contribution in [3.05, 3.63) is 35.5 Å². The first-order valence-corrected chi connectivity index (χ1v) is 8.24. The van der Waals surface area contributed by atoms with Crippen molar-refractivity contribution in [3.63, 3.8) is 0 Å². The molecule has 0 saturated carbocycles. The fourth-order valence-corrected chi connectivity index (χ4v) is 3.47. The summed E-state index contributed by atoms with van der Waals surface area (Å²) in [5.41, 5.74) is 1.72. The highest BCUT2D eigenvalue weighted by atomic mass is 32.1. The zero-order valence-electron chi connectivity index (χ0n) is 12.2. The Kier molecular flexibility index (Phi) is 4.29. The van der Waals surface area contributed by atoms with E-state index >= 15 is 0 Å². The first-order chi connectivity index (χ1) is 10.2. The largest absolute Gasteiger partial charge is 0.342 e. The highest BCUT2D eigenvalue weighted by Crippen LogP contribution is 2.22. The molecule has 0 radical (unpaired) electrons. The van der Waals surface area contributed by atoms with Crippen LogP contribution < -0.4 is 0 Å². The molecule has 0 bridgehead atoms. The van der Waals surface area contributed by atoms with Gasteiger partial charge >= 0.3 is 0 Å². The lowest BCUT2D eigenvalue weighted by Crippen LogP contribution is -2.39. The van der Waals surface area contributed by atoms with Gasteiger partial charge in [-0.1, -0.05) is 13.0 Å². The second-order valence-electron chi connectivity index (χ2n) is 5.62. The summed E-state index contributed by atoms with van der Waals surface area (Å²) >= 11 is 1.55. The third-order valence-corrected chi connectivity index (χ3v) is 4.69. The lowest BCUT2D eigenvalue weighted by molar-refractivity contribution is -0.132. The van der Waals surface area contributed by atoms with Gasteiger partial charge in [-0.25, -0.2) is 4.98 Å². The molecule has 0 aliphatic carbocycles. The molecule has 3 heterocycles. The van der Waals surface area contributed by atoms with Crippen LogP contribution in [0.1, 0.15) is 25.5 Å². The first-order valence-electron chi connectivity index (χ1n) is 7.36. The van der Waals surface area contributed by atoms with Gasteiger partial charge in [0.05, 0.1) is 17.8 Å². The lowest BCUT2D eigenvalue weighted by atomic mass is 10.00. The van der Waals surface area contributed by atoms with Crippen molar-refractivity contribution in [3.8, 4) is 10.7 Å². The molecular weight excluding hydrogens is 282 g/mol. The summed E-state index contributed by atoms with van der Waals surface area (Å²) in [6.45, 7) is 3.98. The maximum Gasteiger partial charge on any atom is 0.228 e. The van der Waals surface area contributed by atoms with Gasteiger partial charge in [0.25, 0.3) is 0 Å². The number of carbonyl (C=O) groups is 1. The Morgan fingerprint density at radius 3 is 3.14 bits per heavy atom. The molecule has 21 heavy (non-hydrogen) atoms. The van der Waals surface area contributed by atoms with Crippen LogP contribution in [-0.4, -0.2) is 33.9 Å². The number of hydrogen-bond donors (Lipinski definition) is 0. The summed E-state index contributed by atoms with van der Waals surface area (Å²) in [4.78, 5) is 23.2. The zero-order chi connectivity index (χ0) is 14.7. The number of hydrogen-bond acceptors (Lipinski definition) is 4. The Hall–Kier alpha value is -1.75. The molecule has 1 amide bonds. The van der Waals surface area contributed by atoms with Crippen molar-refractivity contribution in [1.29, 1.82) is 0 Å². The SMILES string of the molecule is CC1CCCN(C(=O)Cc2csc(-c3ccccn3)n2)C1. The zero-order valence-corrected chi connectivity index (χ0v) is 13.0. The van der Waals surface area contributed by atoms with Crippen LogP contribution >= 0.6 is 11.3 Å². The van der Waals surface area contributed by atoms with Crippen LogP contribution in [0.3, 0.4) is 0 Å². The molecule has 1 aliphatic heterocycles. The summed E-state index contributed by atoms with van der Waals surface area (Å²) in [5.74, 6) is 0.807. The van der Waals surface area contributed by atoms with Crippen molar-refractivity contribution < 1.29 is 4.79 Å². The second kappa shape index (κ2) is 6.35. The molecule has 0 N–H and O–H groups in total. The van der Waals surface area contributed by atoms with Gasteiger partial charge < -0.3 is 4.90 Å². The van der Waals surface area contributed by atoms with Crippen LogP contribution in [0.5, 0.6) is 0 Å². The van der Waals surface area contributed by atoms with E-state index in [1.807, 2.05) is 28.5 Å². The Balaban J connectivity index is 1.66. The van der Waals surface area contributed by atoms with Crippen LogP contribution in [0, 0.1) is 5.92 Å². The Bertz CT molecular complexity index is 611. The molecule has 3 rings (SSSR count). The number of aromatic nitrogens is 2. The number of piperidine rings is 1. The number of rotatable bonds is 3. The van der Waals surface area contributed by atoms with Gasteiger partial charge in [-0.2, -0.15) is 0 Å². The number of thiazole rings is 1. The molecular formula is C16H19N3OS. The van der Waals surface area contributed by atoms with E-state index in [2.05, 4.69) is 16.9 Å². The van der Waals surface area contributed by atoms with Crippen LogP contribution in [0.15, 0.2) is 29.8 Å². The van der Waals surface area contributed by atoms with E-state index in [9.17, 15) is 4.79 Å². The van der Waals surface area contributed by atoms with Gasteiger partial charge in [0, 0.05) is 24.7 Å². The maximum atomic E-state index is 12.3. The molecule has 2 aromatic rings. The molecule has 1 unspecified atom stereocenters. The average Bonchev–Trinajstić information content (AvgIpc) is 2.97. The molecule has 2 aromatic heterocycles. The molecule has 1 aliphatic rings. The Morgan fingerprint density at radius 2 is 2.38 bits per heavy atom. The van der Waals surface area contributed by atoms with E-state index in [4.69, 9.17) is 0 Å². The van der Waals surface area contributed by atoms with Crippen LogP contribution in [0.25, 0.3) is 10.7 Å². The van der Waals surface area contributed by atoms with Crippen molar-refractivity contribution >= 4 is 17.2 Å². The fourth-order valence-electron chi connectivity index (χ4n) is 2.68. The van der Waals surface area contributed by atoms with Gasteiger partial charge in [0.15, 0.2) is 0 Å². The molecule has 5 heteroatoms. The van der Waals surface area contributed by atoms with E-state index in [0.717, 1.165) is 35.9 Å². The van der Waals surface area contributed by atoms with Crippen LogP contribution in [0.2, 0.25) is 0 Å². The fraction of sp³-hybridized carbons (Fsp3) is 0.438. The van der Waals surface area contributed by atoms with E-state index in [-0.39, 0.29) is 5.91 Å². The van der Waals surface area contributed by atoms with E-state index in [1.165, 1.54) is 6.42 Å². The van der Waals surface area contributed by atoms with Gasteiger partial charge in [-0.3, -0.25) is 9.78 Å². The summed E-state index contributed by atoms with van der Waals surface area (Å²) < 4.78 is 0. The van der Waals surface area contributed by atoms with Crippen LogP contribution in [-0.2, 0) is 11.2 Å². The molecule has 110 valence electrons. The molecule has 4 nitrogen and oxygen atoms in total. The number of amides is 1. The first kappa shape index (κ1) is 14.2. The highest BCUT2D eigenvalue weighted by Gasteiger charge is 2.21. The normalized spacial score (nSPS) is 18.7. The average molecular weight is 301 g/mol. The van der Waals surface area contributed by atoms with E-state index in [1.54, 1.807) is 17.5 Å². The third kappa shape index (κ3) is 3.47.